The summed E-state index contributed by atoms with van der Waals surface area (Å²) < 4.78 is 5.41. The molecule has 2 N–H and O–H groups in total. The lowest BCUT2D eigenvalue weighted by molar-refractivity contribution is 0.0719. The van der Waals surface area contributed by atoms with Crippen molar-refractivity contribution in [1.82, 2.24) is 9.97 Å². The molecule has 0 aromatic carbocycles. The maximum Gasteiger partial charge on any atom is 0.222 e. The van der Waals surface area contributed by atoms with E-state index >= 15 is 0 Å². The number of piperidine rings is 1. The molecule has 5 nitrogen and oxygen atoms in total. The van der Waals surface area contributed by atoms with Crippen molar-refractivity contribution < 1.29 is 4.74 Å². The third-order valence-corrected chi connectivity index (χ3v) is 3.31. The number of methoxy groups -OCH3 is 1. The van der Waals surface area contributed by atoms with Crippen LogP contribution in [0.4, 0.5) is 11.8 Å². The van der Waals surface area contributed by atoms with E-state index in [0.29, 0.717) is 18.1 Å². The zero-order valence-electron chi connectivity index (χ0n) is 10.7. The Morgan fingerprint density at radius 1 is 1.47 bits per heavy atom. The molecule has 0 bridgehead atoms. The van der Waals surface area contributed by atoms with E-state index in [9.17, 15) is 0 Å². The Morgan fingerprint density at radius 3 is 2.82 bits per heavy atom. The third kappa shape index (κ3) is 2.66. The molecule has 94 valence electrons. The van der Waals surface area contributed by atoms with Crippen LogP contribution >= 0.6 is 0 Å². The second-order valence-electron chi connectivity index (χ2n) is 4.65. The fourth-order valence-corrected chi connectivity index (χ4v) is 2.41. The number of nitrogens with zero attached hydrogens (tertiary/aromatic N) is 3. The van der Waals surface area contributed by atoms with Gasteiger partial charge in [0.25, 0.3) is 0 Å². The first-order valence-electron chi connectivity index (χ1n) is 6.00. The molecular weight excluding hydrogens is 216 g/mol. The average molecular weight is 236 g/mol. The maximum absolute atomic E-state index is 5.69. The van der Waals surface area contributed by atoms with Gasteiger partial charge in [-0.05, 0) is 26.7 Å². The minimum Gasteiger partial charge on any atom is -0.381 e. The van der Waals surface area contributed by atoms with E-state index in [0.717, 1.165) is 30.9 Å². The number of aryl methyl sites for hydroxylation is 1. The topological polar surface area (TPSA) is 64.3 Å². The first kappa shape index (κ1) is 12.1. The summed E-state index contributed by atoms with van der Waals surface area (Å²) in [6.45, 7) is 5.09. The van der Waals surface area contributed by atoms with Crippen LogP contribution in [0.2, 0.25) is 0 Å². The lowest BCUT2D eigenvalue weighted by atomic mass is 10.0. The van der Waals surface area contributed by atoms with Crippen molar-refractivity contribution in [1.29, 1.82) is 0 Å². The van der Waals surface area contributed by atoms with Gasteiger partial charge in [-0.1, -0.05) is 0 Å². The van der Waals surface area contributed by atoms with Gasteiger partial charge in [0.05, 0.1) is 6.10 Å². The molecule has 0 amide bonds. The first-order chi connectivity index (χ1) is 8.10. The van der Waals surface area contributed by atoms with E-state index in [1.54, 1.807) is 7.11 Å². The SMILES string of the molecule is COC1CCN(c2cc(C)nc(N)n2)C(C)C1. The van der Waals surface area contributed by atoms with Gasteiger partial charge in [-0.15, -0.1) is 0 Å². The van der Waals surface area contributed by atoms with Crippen LogP contribution in [0.15, 0.2) is 6.07 Å². The largest absolute Gasteiger partial charge is 0.381 e. The Balaban J connectivity index is 2.17. The third-order valence-electron chi connectivity index (χ3n) is 3.31. The number of anilines is 2. The summed E-state index contributed by atoms with van der Waals surface area (Å²) in [6.07, 6.45) is 2.42. The molecule has 2 heterocycles. The van der Waals surface area contributed by atoms with Gasteiger partial charge < -0.3 is 15.4 Å². The molecule has 0 saturated carbocycles. The molecule has 2 unspecified atom stereocenters. The van der Waals surface area contributed by atoms with Crippen LogP contribution in [0.3, 0.4) is 0 Å². The maximum atomic E-state index is 5.69. The van der Waals surface area contributed by atoms with Crippen molar-refractivity contribution in [3.8, 4) is 0 Å². The smallest absolute Gasteiger partial charge is 0.222 e. The van der Waals surface area contributed by atoms with Crippen LogP contribution < -0.4 is 10.6 Å². The zero-order chi connectivity index (χ0) is 12.4. The molecule has 17 heavy (non-hydrogen) atoms. The number of aromatic nitrogens is 2. The standard InChI is InChI=1S/C12H20N4O/c1-8-6-11(15-12(13)14-8)16-5-4-10(17-3)7-9(16)2/h6,9-10H,4-5,7H2,1-3H3,(H2,13,14,15). The van der Waals surface area contributed by atoms with Crippen LogP contribution in [-0.2, 0) is 4.74 Å². The highest BCUT2D eigenvalue weighted by atomic mass is 16.5. The van der Waals surface area contributed by atoms with Crippen molar-refractivity contribution in [2.75, 3.05) is 24.3 Å². The number of hydrogen-bond donors (Lipinski definition) is 1. The number of nitrogen functional groups attached to an aromatic ring is 1. The molecule has 1 aliphatic rings. The Morgan fingerprint density at radius 2 is 2.24 bits per heavy atom. The molecule has 1 aromatic heterocycles. The predicted molar refractivity (Wildman–Crippen MR) is 68.0 cm³/mol. The molecule has 1 aromatic rings. The summed E-state index contributed by atoms with van der Waals surface area (Å²) in [5.74, 6) is 1.28. The second kappa shape index (κ2) is 4.87. The van der Waals surface area contributed by atoms with Crippen molar-refractivity contribution in [2.45, 2.75) is 38.8 Å². The minimum atomic E-state index is 0.348. The molecule has 0 spiro atoms. The van der Waals surface area contributed by atoms with E-state index in [4.69, 9.17) is 10.5 Å². The van der Waals surface area contributed by atoms with Crippen molar-refractivity contribution in [2.24, 2.45) is 0 Å². The van der Waals surface area contributed by atoms with Crippen LogP contribution in [0.1, 0.15) is 25.5 Å². The number of ether oxygens (including phenoxy) is 1. The van der Waals surface area contributed by atoms with Gasteiger partial charge in [-0.2, -0.15) is 4.98 Å². The van der Waals surface area contributed by atoms with Crippen molar-refractivity contribution >= 4 is 11.8 Å². The van der Waals surface area contributed by atoms with Gasteiger partial charge in [0, 0.05) is 31.5 Å². The quantitative estimate of drug-likeness (QED) is 0.840. The Hall–Kier alpha value is -1.36. The monoisotopic (exact) mass is 236 g/mol. The summed E-state index contributed by atoms with van der Waals surface area (Å²) >= 11 is 0. The summed E-state index contributed by atoms with van der Waals surface area (Å²) in [4.78, 5) is 10.7. The average Bonchev–Trinajstić information content (AvgIpc) is 2.27. The minimum absolute atomic E-state index is 0.348. The molecule has 1 aliphatic heterocycles. The van der Waals surface area contributed by atoms with E-state index in [2.05, 4.69) is 21.8 Å². The van der Waals surface area contributed by atoms with E-state index < -0.39 is 0 Å². The summed E-state index contributed by atoms with van der Waals surface area (Å²) in [7, 11) is 1.78. The Labute approximate surface area is 102 Å². The fourth-order valence-electron chi connectivity index (χ4n) is 2.41. The second-order valence-corrected chi connectivity index (χ2v) is 4.65. The van der Waals surface area contributed by atoms with E-state index in [1.165, 1.54) is 0 Å². The summed E-state index contributed by atoms with van der Waals surface area (Å²) in [5.41, 5.74) is 6.60. The zero-order valence-corrected chi connectivity index (χ0v) is 10.7. The van der Waals surface area contributed by atoms with Crippen LogP contribution in [0.25, 0.3) is 0 Å². The normalized spacial score (nSPS) is 25.0. The molecule has 0 aliphatic carbocycles. The van der Waals surface area contributed by atoms with Gasteiger partial charge in [0.15, 0.2) is 0 Å². The summed E-state index contributed by atoms with van der Waals surface area (Å²) in [5, 5.41) is 0. The first-order valence-corrected chi connectivity index (χ1v) is 6.00. The molecule has 1 fully saturated rings. The number of rotatable bonds is 2. The number of nitrogens with two attached hydrogens (primary N) is 1. The van der Waals surface area contributed by atoms with Gasteiger partial charge in [0.1, 0.15) is 5.82 Å². The predicted octanol–water partition coefficient (Wildman–Crippen LogP) is 1.37. The van der Waals surface area contributed by atoms with Gasteiger partial charge >= 0.3 is 0 Å². The highest BCUT2D eigenvalue weighted by molar-refractivity contribution is 5.44. The summed E-state index contributed by atoms with van der Waals surface area (Å²) in [6, 6.07) is 2.40. The Kier molecular flexibility index (Phi) is 3.47. The van der Waals surface area contributed by atoms with Gasteiger partial charge in [0.2, 0.25) is 5.95 Å². The lowest BCUT2D eigenvalue weighted by Gasteiger charge is -2.38. The molecule has 2 atom stereocenters. The molecule has 5 heteroatoms. The fraction of sp³-hybridized carbons (Fsp3) is 0.667. The van der Waals surface area contributed by atoms with Gasteiger partial charge in [-0.25, -0.2) is 4.98 Å². The van der Waals surface area contributed by atoms with Crippen LogP contribution in [0.5, 0.6) is 0 Å². The lowest BCUT2D eigenvalue weighted by Crippen LogP contribution is -2.43. The van der Waals surface area contributed by atoms with Gasteiger partial charge in [-0.3, -0.25) is 0 Å². The van der Waals surface area contributed by atoms with E-state index in [1.807, 2.05) is 13.0 Å². The van der Waals surface area contributed by atoms with Crippen molar-refractivity contribution in [3.05, 3.63) is 11.8 Å². The highest BCUT2D eigenvalue weighted by Crippen LogP contribution is 2.25. The number of hydrogen-bond acceptors (Lipinski definition) is 5. The van der Waals surface area contributed by atoms with Crippen LogP contribution in [-0.4, -0.2) is 35.8 Å². The highest BCUT2D eigenvalue weighted by Gasteiger charge is 2.26. The molecular formula is C12H20N4O. The van der Waals surface area contributed by atoms with Crippen molar-refractivity contribution in [3.63, 3.8) is 0 Å². The van der Waals surface area contributed by atoms with Crippen LogP contribution in [0, 0.1) is 6.92 Å². The molecule has 2 rings (SSSR count). The Bertz CT molecular complexity index is 376. The molecule has 0 radical (unpaired) electrons. The van der Waals surface area contributed by atoms with E-state index in [-0.39, 0.29) is 0 Å². The molecule has 1 saturated heterocycles.